The average Bonchev–Trinajstić information content (AvgIpc) is 3.24. The standard InChI is InChI=1S/C13H13N.C10H7NO2/c1-2-6-11-10(5-1)9-14-13-8-4-3-7-12(11)13;1-2-9-10(13-6-12-9)8-3-4-11-5-7(1)8/h1-2,5-6,9H,3-4,7-8H2;1-5H,6H2. The molecule has 0 radical (unpaired) electrons. The average molecular weight is 356 g/mol. The molecular weight excluding hydrogens is 336 g/mol. The van der Waals surface area contributed by atoms with Crippen LogP contribution in [0.5, 0.6) is 11.5 Å². The predicted octanol–water partition coefficient (Wildman–Crippen LogP) is 5.08. The zero-order valence-corrected chi connectivity index (χ0v) is 15.0. The minimum atomic E-state index is 0.316. The van der Waals surface area contributed by atoms with Gasteiger partial charge in [0, 0.05) is 40.4 Å². The number of aryl methyl sites for hydroxylation is 2. The molecule has 6 rings (SSSR count). The SMILES string of the molecule is c1cc2c3c(ccc2cn1)OCO3.c1ccc2c3c(ncc2c1)CCCC3. The summed E-state index contributed by atoms with van der Waals surface area (Å²) in [5.41, 5.74) is 2.82. The van der Waals surface area contributed by atoms with Crippen molar-refractivity contribution < 1.29 is 9.47 Å². The fraction of sp³-hybridized carbons (Fsp3) is 0.217. The molecule has 4 heteroatoms. The van der Waals surface area contributed by atoms with Gasteiger partial charge in [-0.1, -0.05) is 24.3 Å². The third kappa shape index (κ3) is 2.97. The summed E-state index contributed by atoms with van der Waals surface area (Å²) in [5.74, 6) is 1.65. The summed E-state index contributed by atoms with van der Waals surface area (Å²) in [4.78, 5) is 8.59. The Morgan fingerprint density at radius 2 is 1.67 bits per heavy atom. The van der Waals surface area contributed by atoms with Crippen molar-refractivity contribution >= 4 is 21.5 Å². The highest BCUT2D eigenvalue weighted by atomic mass is 16.7. The van der Waals surface area contributed by atoms with Crippen molar-refractivity contribution in [1.29, 1.82) is 0 Å². The van der Waals surface area contributed by atoms with Gasteiger partial charge in [0.2, 0.25) is 6.79 Å². The minimum Gasteiger partial charge on any atom is -0.454 e. The minimum absolute atomic E-state index is 0.316. The van der Waals surface area contributed by atoms with Crippen molar-refractivity contribution in [3.8, 4) is 11.5 Å². The molecule has 134 valence electrons. The Kier molecular flexibility index (Phi) is 4.09. The van der Waals surface area contributed by atoms with Crippen molar-refractivity contribution in [1.82, 2.24) is 9.97 Å². The summed E-state index contributed by atoms with van der Waals surface area (Å²) in [7, 11) is 0. The van der Waals surface area contributed by atoms with Gasteiger partial charge < -0.3 is 9.47 Å². The fourth-order valence-electron chi connectivity index (χ4n) is 3.89. The molecule has 2 aromatic carbocycles. The van der Waals surface area contributed by atoms with Crippen LogP contribution in [0, 0.1) is 0 Å². The predicted molar refractivity (Wildman–Crippen MR) is 106 cm³/mol. The van der Waals surface area contributed by atoms with E-state index in [-0.39, 0.29) is 0 Å². The highest BCUT2D eigenvalue weighted by Gasteiger charge is 2.15. The van der Waals surface area contributed by atoms with E-state index < -0.39 is 0 Å². The first kappa shape index (κ1) is 16.1. The maximum absolute atomic E-state index is 5.36. The summed E-state index contributed by atoms with van der Waals surface area (Å²) in [6.45, 7) is 0.316. The lowest BCUT2D eigenvalue weighted by atomic mass is 9.92. The lowest BCUT2D eigenvalue weighted by Crippen LogP contribution is -2.05. The Balaban J connectivity index is 0.000000119. The summed E-state index contributed by atoms with van der Waals surface area (Å²) < 4.78 is 10.6. The molecule has 0 saturated carbocycles. The van der Waals surface area contributed by atoms with Crippen molar-refractivity contribution in [3.05, 3.63) is 72.3 Å². The molecule has 1 aliphatic heterocycles. The van der Waals surface area contributed by atoms with Crippen LogP contribution in [0.15, 0.2) is 61.1 Å². The quantitative estimate of drug-likeness (QED) is 0.441. The summed E-state index contributed by atoms with van der Waals surface area (Å²) >= 11 is 0. The van der Waals surface area contributed by atoms with Gasteiger partial charge in [-0.05, 0) is 54.8 Å². The van der Waals surface area contributed by atoms with Gasteiger partial charge in [-0.3, -0.25) is 9.97 Å². The van der Waals surface area contributed by atoms with Crippen LogP contribution < -0.4 is 9.47 Å². The molecule has 2 aliphatic rings. The van der Waals surface area contributed by atoms with Gasteiger partial charge in [-0.15, -0.1) is 0 Å². The lowest BCUT2D eigenvalue weighted by molar-refractivity contribution is 0.175. The first-order valence-electron chi connectivity index (χ1n) is 9.38. The third-order valence-corrected chi connectivity index (χ3v) is 5.24. The number of nitrogens with zero attached hydrogens (tertiary/aromatic N) is 2. The number of rotatable bonds is 0. The van der Waals surface area contributed by atoms with Crippen LogP contribution in [-0.4, -0.2) is 16.8 Å². The number of fused-ring (bicyclic) bond motifs is 6. The first-order valence-corrected chi connectivity index (χ1v) is 9.38. The van der Waals surface area contributed by atoms with Crippen molar-refractivity contribution in [2.75, 3.05) is 6.79 Å². The Labute approximate surface area is 157 Å². The highest BCUT2D eigenvalue weighted by molar-refractivity contribution is 5.90. The fourth-order valence-corrected chi connectivity index (χ4v) is 3.89. The van der Waals surface area contributed by atoms with E-state index >= 15 is 0 Å². The molecule has 0 N–H and O–H groups in total. The van der Waals surface area contributed by atoms with Gasteiger partial charge in [0.15, 0.2) is 11.5 Å². The monoisotopic (exact) mass is 356 g/mol. The Morgan fingerprint density at radius 3 is 2.67 bits per heavy atom. The molecule has 27 heavy (non-hydrogen) atoms. The summed E-state index contributed by atoms with van der Waals surface area (Å²) in [5, 5.41) is 4.84. The van der Waals surface area contributed by atoms with Crippen LogP contribution in [0.2, 0.25) is 0 Å². The van der Waals surface area contributed by atoms with Gasteiger partial charge in [-0.2, -0.15) is 0 Å². The molecule has 0 amide bonds. The van der Waals surface area contributed by atoms with Crippen LogP contribution in [-0.2, 0) is 12.8 Å². The number of hydrogen-bond donors (Lipinski definition) is 0. The van der Waals surface area contributed by atoms with Gasteiger partial charge in [0.25, 0.3) is 0 Å². The molecule has 0 saturated heterocycles. The molecular formula is C23H20N2O2. The number of aromatic nitrogens is 2. The van der Waals surface area contributed by atoms with E-state index in [1.165, 1.54) is 47.7 Å². The van der Waals surface area contributed by atoms with E-state index in [9.17, 15) is 0 Å². The van der Waals surface area contributed by atoms with E-state index in [1.54, 1.807) is 6.20 Å². The first-order chi connectivity index (χ1) is 13.4. The maximum Gasteiger partial charge on any atom is 0.231 e. The van der Waals surface area contributed by atoms with Gasteiger partial charge in [-0.25, -0.2) is 0 Å². The zero-order chi connectivity index (χ0) is 18.1. The Bertz CT molecular complexity index is 1120. The summed E-state index contributed by atoms with van der Waals surface area (Å²) in [6, 6.07) is 14.4. The van der Waals surface area contributed by atoms with Crippen molar-refractivity contribution in [3.63, 3.8) is 0 Å². The lowest BCUT2D eigenvalue weighted by Gasteiger charge is -2.16. The van der Waals surface area contributed by atoms with E-state index in [0.717, 1.165) is 22.3 Å². The molecule has 4 nitrogen and oxygen atoms in total. The number of pyridine rings is 2. The zero-order valence-electron chi connectivity index (χ0n) is 15.0. The Hall–Kier alpha value is -3.14. The van der Waals surface area contributed by atoms with Crippen molar-refractivity contribution in [2.24, 2.45) is 0 Å². The number of ether oxygens (including phenoxy) is 2. The molecule has 0 unspecified atom stereocenters. The molecule has 3 heterocycles. The second-order valence-corrected chi connectivity index (χ2v) is 6.87. The smallest absolute Gasteiger partial charge is 0.231 e. The van der Waals surface area contributed by atoms with Crippen molar-refractivity contribution in [2.45, 2.75) is 25.7 Å². The molecule has 1 aliphatic carbocycles. The van der Waals surface area contributed by atoms with Crippen LogP contribution in [0.1, 0.15) is 24.1 Å². The van der Waals surface area contributed by atoms with Gasteiger partial charge in [0.1, 0.15) is 0 Å². The molecule has 0 fully saturated rings. The normalized spacial score (nSPS) is 14.5. The summed E-state index contributed by atoms with van der Waals surface area (Å²) in [6.07, 6.45) is 10.6. The second-order valence-electron chi connectivity index (χ2n) is 6.87. The van der Waals surface area contributed by atoms with Crippen LogP contribution in [0.25, 0.3) is 21.5 Å². The highest BCUT2D eigenvalue weighted by Crippen LogP contribution is 2.38. The number of hydrogen-bond acceptors (Lipinski definition) is 4. The topological polar surface area (TPSA) is 44.2 Å². The molecule has 0 spiro atoms. The maximum atomic E-state index is 5.36. The van der Waals surface area contributed by atoms with Gasteiger partial charge in [0.05, 0.1) is 0 Å². The Morgan fingerprint density at radius 1 is 0.778 bits per heavy atom. The third-order valence-electron chi connectivity index (χ3n) is 5.24. The molecule has 2 aromatic heterocycles. The van der Waals surface area contributed by atoms with Crippen LogP contribution in [0.4, 0.5) is 0 Å². The molecule has 4 aromatic rings. The van der Waals surface area contributed by atoms with E-state index in [1.807, 2.05) is 30.6 Å². The number of benzene rings is 2. The second kappa shape index (κ2) is 6.88. The van der Waals surface area contributed by atoms with E-state index in [0.29, 0.717) is 6.79 Å². The van der Waals surface area contributed by atoms with Crippen LogP contribution >= 0.6 is 0 Å². The largest absolute Gasteiger partial charge is 0.454 e. The van der Waals surface area contributed by atoms with Crippen LogP contribution in [0.3, 0.4) is 0 Å². The molecule has 0 bridgehead atoms. The van der Waals surface area contributed by atoms with E-state index in [2.05, 4.69) is 34.2 Å². The molecule has 0 atom stereocenters. The van der Waals surface area contributed by atoms with E-state index in [4.69, 9.17) is 9.47 Å². The van der Waals surface area contributed by atoms with Gasteiger partial charge >= 0.3 is 0 Å².